The first kappa shape index (κ1) is 8.41. The first-order valence-electron chi connectivity index (χ1n) is 4.56. The Balaban J connectivity index is 2.16. The largest absolute Gasteiger partial charge is 0.418 e. The predicted molar refractivity (Wildman–Crippen MR) is 45.4 cm³/mol. The number of carbonyl (C=O) groups is 1. The second-order valence-corrected chi connectivity index (χ2v) is 3.74. The Kier molecular flexibility index (Phi) is 1.90. The average molecular weight is 180 g/mol. The summed E-state index contributed by atoms with van der Waals surface area (Å²) in [5.41, 5.74) is 0. The molecule has 0 radical (unpaired) electrons. The molecule has 13 heavy (non-hydrogen) atoms. The van der Waals surface area contributed by atoms with Crippen molar-refractivity contribution in [3.05, 3.63) is 11.8 Å². The zero-order valence-electron chi connectivity index (χ0n) is 7.78. The summed E-state index contributed by atoms with van der Waals surface area (Å²) in [6, 6.07) is 0. The molecule has 1 aromatic rings. The molecular formula is C9H12N2O2. The van der Waals surface area contributed by atoms with Crippen LogP contribution in [0.5, 0.6) is 0 Å². The average Bonchev–Trinajstić information content (AvgIpc) is 2.81. The highest BCUT2D eigenvalue weighted by Gasteiger charge is 2.34. The maximum atomic E-state index is 11.4. The SMILES string of the molecule is CC(C)c1nnc(C(=O)C2CC2)o1. The van der Waals surface area contributed by atoms with E-state index in [1.165, 1.54) is 0 Å². The molecule has 0 saturated heterocycles. The molecule has 1 heterocycles. The number of nitrogens with zero attached hydrogens (tertiary/aromatic N) is 2. The lowest BCUT2D eigenvalue weighted by atomic mass is 10.2. The monoisotopic (exact) mass is 180 g/mol. The first-order valence-corrected chi connectivity index (χ1v) is 4.56. The van der Waals surface area contributed by atoms with Crippen molar-refractivity contribution in [3.8, 4) is 0 Å². The molecule has 0 N–H and O–H groups in total. The fourth-order valence-corrected chi connectivity index (χ4v) is 1.09. The van der Waals surface area contributed by atoms with Gasteiger partial charge in [0.25, 0.3) is 5.89 Å². The molecule has 0 bridgehead atoms. The van der Waals surface area contributed by atoms with Crippen LogP contribution in [0.3, 0.4) is 0 Å². The van der Waals surface area contributed by atoms with Gasteiger partial charge in [0.05, 0.1) is 0 Å². The number of rotatable bonds is 3. The molecule has 1 aliphatic carbocycles. The predicted octanol–water partition coefficient (Wildman–Crippen LogP) is 1.79. The van der Waals surface area contributed by atoms with Gasteiger partial charge in [0.1, 0.15) is 0 Å². The summed E-state index contributed by atoms with van der Waals surface area (Å²) in [5, 5.41) is 7.54. The van der Waals surface area contributed by atoms with Crippen LogP contribution in [0.1, 0.15) is 49.2 Å². The standard InChI is InChI=1S/C9H12N2O2/c1-5(2)8-10-11-9(13-8)7(12)6-3-4-6/h5-6H,3-4H2,1-2H3. The van der Waals surface area contributed by atoms with Crippen molar-refractivity contribution in [2.45, 2.75) is 32.6 Å². The van der Waals surface area contributed by atoms with Gasteiger partial charge >= 0.3 is 0 Å². The van der Waals surface area contributed by atoms with E-state index in [2.05, 4.69) is 10.2 Å². The van der Waals surface area contributed by atoms with Crippen LogP contribution in [0, 0.1) is 5.92 Å². The van der Waals surface area contributed by atoms with E-state index in [1.807, 2.05) is 13.8 Å². The molecule has 1 aliphatic rings. The summed E-state index contributed by atoms with van der Waals surface area (Å²) in [6.45, 7) is 3.91. The third-order valence-electron chi connectivity index (χ3n) is 2.09. The summed E-state index contributed by atoms with van der Waals surface area (Å²) in [6.07, 6.45) is 1.94. The van der Waals surface area contributed by atoms with E-state index >= 15 is 0 Å². The van der Waals surface area contributed by atoms with Gasteiger partial charge in [-0.05, 0) is 12.8 Å². The fourth-order valence-electron chi connectivity index (χ4n) is 1.09. The van der Waals surface area contributed by atoms with E-state index in [1.54, 1.807) is 0 Å². The van der Waals surface area contributed by atoms with Crippen molar-refractivity contribution in [2.24, 2.45) is 5.92 Å². The third-order valence-corrected chi connectivity index (χ3v) is 2.09. The fraction of sp³-hybridized carbons (Fsp3) is 0.667. The molecule has 1 fully saturated rings. The second-order valence-electron chi connectivity index (χ2n) is 3.74. The molecule has 0 unspecified atom stereocenters. The highest BCUT2D eigenvalue weighted by molar-refractivity contribution is 5.95. The van der Waals surface area contributed by atoms with Crippen molar-refractivity contribution in [1.29, 1.82) is 0 Å². The molecule has 0 atom stereocenters. The summed E-state index contributed by atoms with van der Waals surface area (Å²) in [5.74, 6) is 1.09. The van der Waals surface area contributed by atoms with E-state index in [9.17, 15) is 4.79 Å². The van der Waals surface area contributed by atoms with Gasteiger partial charge in [0, 0.05) is 11.8 Å². The molecular weight excluding hydrogens is 168 g/mol. The van der Waals surface area contributed by atoms with Crippen LogP contribution in [0.2, 0.25) is 0 Å². The van der Waals surface area contributed by atoms with E-state index in [4.69, 9.17) is 4.42 Å². The second kappa shape index (κ2) is 2.94. The van der Waals surface area contributed by atoms with Gasteiger partial charge in [-0.15, -0.1) is 10.2 Å². The van der Waals surface area contributed by atoms with Crippen LogP contribution in [0.25, 0.3) is 0 Å². The van der Waals surface area contributed by atoms with Crippen molar-refractivity contribution in [2.75, 3.05) is 0 Å². The van der Waals surface area contributed by atoms with Crippen LogP contribution >= 0.6 is 0 Å². The lowest BCUT2D eigenvalue weighted by Gasteiger charge is -1.93. The lowest BCUT2D eigenvalue weighted by Crippen LogP contribution is -2.01. The Morgan fingerprint density at radius 3 is 2.62 bits per heavy atom. The molecule has 0 aromatic carbocycles. The van der Waals surface area contributed by atoms with Crippen LogP contribution in [-0.4, -0.2) is 16.0 Å². The zero-order chi connectivity index (χ0) is 9.42. The highest BCUT2D eigenvalue weighted by Crippen LogP contribution is 2.32. The minimum atomic E-state index is 0.0133. The van der Waals surface area contributed by atoms with E-state index in [0.29, 0.717) is 5.89 Å². The van der Waals surface area contributed by atoms with E-state index in [-0.39, 0.29) is 23.5 Å². The van der Waals surface area contributed by atoms with Gasteiger partial charge in [-0.3, -0.25) is 4.79 Å². The minimum Gasteiger partial charge on any atom is -0.418 e. The zero-order valence-corrected chi connectivity index (χ0v) is 7.78. The Morgan fingerprint density at radius 2 is 2.15 bits per heavy atom. The van der Waals surface area contributed by atoms with Crippen LogP contribution < -0.4 is 0 Å². The van der Waals surface area contributed by atoms with Gasteiger partial charge in [-0.1, -0.05) is 13.8 Å². The number of hydrogen-bond donors (Lipinski definition) is 0. The summed E-state index contributed by atoms with van der Waals surface area (Å²) in [4.78, 5) is 11.4. The van der Waals surface area contributed by atoms with Crippen LogP contribution in [-0.2, 0) is 0 Å². The van der Waals surface area contributed by atoms with E-state index in [0.717, 1.165) is 12.8 Å². The number of Topliss-reactive ketones (excluding diaryl/α,β-unsaturated/α-hetero) is 1. The van der Waals surface area contributed by atoms with Gasteiger partial charge < -0.3 is 4.42 Å². The van der Waals surface area contributed by atoms with Crippen LogP contribution in [0.15, 0.2) is 4.42 Å². The van der Waals surface area contributed by atoms with E-state index < -0.39 is 0 Å². The molecule has 1 saturated carbocycles. The third kappa shape index (κ3) is 1.61. The lowest BCUT2D eigenvalue weighted by molar-refractivity contribution is 0.0931. The van der Waals surface area contributed by atoms with Gasteiger partial charge in [-0.25, -0.2) is 0 Å². The maximum Gasteiger partial charge on any atom is 0.284 e. The molecule has 0 spiro atoms. The normalized spacial score (nSPS) is 16.5. The quantitative estimate of drug-likeness (QED) is 0.665. The molecule has 4 nitrogen and oxygen atoms in total. The smallest absolute Gasteiger partial charge is 0.284 e. The number of hydrogen-bond acceptors (Lipinski definition) is 4. The van der Waals surface area contributed by atoms with Gasteiger partial charge in [0.2, 0.25) is 11.7 Å². The highest BCUT2D eigenvalue weighted by atomic mass is 16.4. The number of carbonyl (C=O) groups excluding carboxylic acids is 1. The maximum absolute atomic E-state index is 11.4. The van der Waals surface area contributed by atoms with Crippen molar-refractivity contribution < 1.29 is 9.21 Å². The number of aromatic nitrogens is 2. The molecule has 1 aromatic heterocycles. The Bertz CT molecular complexity index is 326. The molecule has 0 aliphatic heterocycles. The first-order chi connectivity index (χ1) is 6.18. The Hall–Kier alpha value is -1.19. The summed E-state index contributed by atoms with van der Waals surface area (Å²) >= 11 is 0. The summed E-state index contributed by atoms with van der Waals surface area (Å²) in [7, 11) is 0. The minimum absolute atomic E-state index is 0.0133. The topological polar surface area (TPSA) is 56.0 Å². The van der Waals surface area contributed by atoms with Crippen LogP contribution in [0.4, 0.5) is 0 Å². The van der Waals surface area contributed by atoms with Gasteiger partial charge in [0.15, 0.2) is 0 Å². The van der Waals surface area contributed by atoms with Gasteiger partial charge in [-0.2, -0.15) is 0 Å². The Labute approximate surface area is 76.3 Å². The molecule has 4 heteroatoms. The number of ketones is 1. The van der Waals surface area contributed by atoms with Crippen molar-refractivity contribution >= 4 is 5.78 Å². The molecule has 70 valence electrons. The molecule has 0 amide bonds. The Morgan fingerprint density at radius 1 is 1.46 bits per heavy atom. The molecule has 2 rings (SSSR count). The van der Waals surface area contributed by atoms with Crippen molar-refractivity contribution in [3.63, 3.8) is 0 Å². The summed E-state index contributed by atoms with van der Waals surface area (Å²) < 4.78 is 5.24. The van der Waals surface area contributed by atoms with Crippen molar-refractivity contribution in [1.82, 2.24) is 10.2 Å².